The SMILES string of the molecule is CCn1ccnc1[C@H]1OCC[C@@H]1NC(=O)[C@H]1C[C@@H]1C1CC1. The average Bonchev–Trinajstić information content (AvgIpc) is 3.37. The first-order valence-corrected chi connectivity index (χ1v) is 8.21. The van der Waals surface area contributed by atoms with E-state index in [1.165, 1.54) is 12.8 Å². The van der Waals surface area contributed by atoms with Crippen molar-refractivity contribution < 1.29 is 9.53 Å². The lowest BCUT2D eigenvalue weighted by Gasteiger charge is -2.20. The topological polar surface area (TPSA) is 56.1 Å². The molecule has 0 radical (unpaired) electrons. The van der Waals surface area contributed by atoms with Gasteiger partial charge in [0.2, 0.25) is 5.91 Å². The number of imidazole rings is 1. The molecule has 5 heteroatoms. The predicted octanol–water partition coefficient (Wildman–Crippen LogP) is 1.90. The van der Waals surface area contributed by atoms with Crippen molar-refractivity contribution in [2.24, 2.45) is 17.8 Å². The third kappa shape index (κ3) is 2.48. The zero-order valence-electron chi connectivity index (χ0n) is 12.5. The Labute approximate surface area is 125 Å². The number of hydrogen-bond acceptors (Lipinski definition) is 3. The lowest BCUT2D eigenvalue weighted by molar-refractivity contribution is -0.123. The Morgan fingerprint density at radius 2 is 2.33 bits per heavy atom. The highest BCUT2D eigenvalue weighted by Crippen LogP contribution is 2.54. The molecule has 1 aromatic heterocycles. The van der Waals surface area contributed by atoms with Gasteiger partial charge in [-0.15, -0.1) is 0 Å². The van der Waals surface area contributed by atoms with Gasteiger partial charge in [0.15, 0.2) is 0 Å². The minimum Gasteiger partial charge on any atom is -0.368 e. The summed E-state index contributed by atoms with van der Waals surface area (Å²) in [7, 11) is 0. The zero-order valence-corrected chi connectivity index (χ0v) is 12.5. The maximum Gasteiger partial charge on any atom is 0.223 e. The summed E-state index contributed by atoms with van der Waals surface area (Å²) in [4.78, 5) is 16.8. The smallest absolute Gasteiger partial charge is 0.223 e. The Hall–Kier alpha value is -1.36. The normalized spacial score (nSPS) is 34.9. The summed E-state index contributed by atoms with van der Waals surface area (Å²) in [5.41, 5.74) is 0. The van der Waals surface area contributed by atoms with Crippen LogP contribution in [0.15, 0.2) is 12.4 Å². The Morgan fingerprint density at radius 1 is 1.48 bits per heavy atom. The number of ether oxygens (including phenoxy) is 1. The highest BCUT2D eigenvalue weighted by molar-refractivity contribution is 5.82. The van der Waals surface area contributed by atoms with E-state index in [4.69, 9.17) is 4.74 Å². The van der Waals surface area contributed by atoms with Crippen molar-refractivity contribution in [1.29, 1.82) is 0 Å². The molecule has 1 saturated heterocycles. The predicted molar refractivity (Wildman–Crippen MR) is 77.5 cm³/mol. The molecule has 114 valence electrons. The maximum atomic E-state index is 12.4. The quantitative estimate of drug-likeness (QED) is 0.900. The van der Waals surface area contributed by atoms with Crippen molar-refractivity contribution in [3.8, 4) is 0 Å². The number of carbonyl (C=O) groups excluding carboxylic acids is 1. The van der Waals surface area contributed by atoms with Crippen LogP contribution in [0.4, 0.5) is 0 Å². The number of nitrogens with zero attached hydrogens (tertiary/aromatic N) is 2. The molecular formula is C16H23N3O2. The van der Waals surface area contributed by atoms with Crippen LogP contribution in [0.2, 0.25) is 0 Å². The molecule has 0 spiro atoms. The van der Waals surface area contributed by atoms with E-state index in [2.05, 4.69) is 21.8 Å². The Bertz CT molecular complexity index is 537. The van der Waals surface area contributed by atoms with Crippen molar-refractivity contribution >= 4 is 5.91 Å². The molecule has 4 atom stereocenters. The van der Waals surface area contributed by atoms with Gasteiger partial charge in [0.1, 0.15) is 11.9 Å². The summed E-state index contributed by atoms with van der Waals surface area (Å²) in [5.74, 6) is 2.96. The molecular weight excluding hydrogens is 266 g/mol. The van der Waals surface area contributed by atoms with Gasteiger partial charge in [-0.25, -0.2) is 4.98 Å². The molecule has 1 aliphatic heterocycles. The van der Waals surface area contributed by atoms with Crippen molar-refractivity contribution in [3.05, 3.63) is 18.2 Å². The fourth-order valence-corrected chi connectivity index (χ4v) is 3.69. The molecule has 3 aliphatic rings. The van der Waals surface area contributed by atoms with E-state index in [1.54, 1.807) is 0 Å². The fourth-order valence-electron chi connectivity index (χ4n) is 3.69. The summed E-state index contributed by atoms with van der Waals surface area (Å²) >= 11 is 0. The second-order valence-corrected chi connectivity index (χ2v) is 6.61. The minimum absolute atomic E-state index is 0.0747. The lowest BCUT2D eigenvalue weighted by Crippen LogP contribution is -2.38. The first-order chi connectivity index (χ1) is 10.3. The van der Waals surface area contributed by atoms with Crippen LogP contribution in [0.3, 0.4) is 0 Å². The van der Waals surface area contributed by atoms with E-state index in [1.807, 2.05) is 12.4 Å². The van der Waals surface area contributed by atoms with Crippen LogP contribution in [0, 0.1) is 17.8 Å². The second-order valence-electron chi connectivity index (χ2n) is 6.61. The fraction of sp³-hybridized carbons (Fsp3) is 0.750. The van der Waals surface area contributed by atoms with Gasteiger partial charge in [-0.05, 0) is 44.4 Å². The van der Waals surface area contributed by atoms with Gasteiger partial charge >= 0.3 is 0 Å². The highest BCUT2D eigenvalue weighted by atomic mass is 16.5. The van der Waals surface area contributed by atoms with Crippen molar-refractivity contribution in [1.82, 2.24) is 14.9 Å². The van der Waals surface area contributed by atoms with Crippen LogP contribution >= 0.6 is 0 Å². The molecule has 0 aromatic carbocycles. The number of hydrogen-bond donors (Lipinski definition) is 1. The molecule has 21 heavy (non-hydrogen) atoms. The largest absolute Gasteiger partial charge is 0.368 e. The number of amides is 1. The minimum atomic E-state index is -0.0953. The van der Waals surface area contributed by atoms with Gasteiger partial charge in [0.05, 0.1) is 6.04 Å². The summed E-state index contributed by atoms with van der Waals surface area (Å²) in [6.45, 7) is 3.67. The van der Waals surface area contributed by atoms with E-state index >= 15 is 0 Å². The highest BCUT2D eigenvalue weighted by Gasteiger charge is 2.51. The molecule has 4 rings (SSSR count). The monoisotopic (exact) mass is 289 g/mol. The second kappa shape index (κ2) is 5.13. The number of aryl methyl sites for hydroxylation is 1. The Morgan fingerprint density at radius 3 is 3.10 bits per heavy atom. The van der Waals surface area contributed by atoms with E-state index in [0.29, 0.717) is 12.5 Å². The Balaban J connectivity index is 1.41. The molecule has 2 saturated carbocycles. The molecule has 2 heterocycles. The molecule has 2 aliphatic carbocycles. The van der Waals surface area contributed by atoms with Gasteiger partial charge in [-0.1, -0.05) is 0 Å². The molecule has 3 fully saturated rings. The van der Waals surface area contributed by atoms with Crippen LogP contribution in [-0.2, 0) is 16.1 Å². The maximum absolute atomic E-state index is 12.4. The molecule has 1 amide bonds. The van der Waals surface area contributed by atoms with Gasteiger partial charge in [0.25, 0.3) is 0 Å². The van der Waals surface area contributed by atoms with E-state index < -0.39 is 0 Å². The van der Waals surface area contributed by atoms with E-state index in [9.17, 15) is 4.79 Å². The third-order valence-electron chi connectivity index (χ3n) is 5.17. The molecule has 5 nitrogen and oxygen atoms in total. The zero-order chi connectivity index (χ0) is 14.4. The summed E-state index contributed by atoms with van der Waals surface area (Å²) < 4.78 is 7.94. The van der Waals surface area contributed by atoms with Crippen LogP contribution < -0.4 is 5.32 Å². The summed E-state index contributed by atoms with van der Waals surface area (Å²) in [6, 6.07) is 0.0747. The lowest BCUT2D eigenvalue weighted by atomic mass is 10.1. The first kappa shape index (κ1) is 13.3. The van der Waals surface area contributed by atoms with Crippen molar-refractivity contribution in [2.75, 3.05) is 6.61 Å². The molecule has 1 aromatic rings. The summed E-state index contributed by atoms with van der Waals surface area (Å²) in [5, 5.41) is 3.23. The van der Waals surface area contributed by atoms with Gasteiger partial charge in [-0.2, -0.15) is 0 Å². The first-order valence-electron chi connectivity index (χ1n) is 8.21. The summed E-state index contributed by atoms with van der Waals surface area (Å²) in [6.07, 6.45) is 8.33. The molecule has 0 bridgehead atoms. The Kier molecular flexibility index (Phi) is 3.25. The van der Waals surface area contributed by atoms with Crippen LogP contribution in [0.1, 0.15) is 44.5 Å². The number of rotatable bonds is 5. The van der Waals surface area contributed by atoms with Crippen LogP contribution in [0.25, 0.3) is 0 Å². The number of aromatic nitrogens is 2. The van der Waals surface area contributed by atoms with E-state index in [-0.39, 0.29) is 24.0 Å². The molecule has 1 N–H and O–H groups in total. The van der Waals surface area contributed by atoms with Crippen LogP contribution in [-0.4, -0.2) is 28.1 Å². The van der Waals surface area contributed by atoms with Gasteiger partial charge in [-0.3, -0.25) is 4.79 Å². The van der Waals surface area contributed by atoms with Gasteiger partial charge in [0, 0.05) is 31.5 Å². The third-order valence-corrected chi connectivity index (χ3v) is 5.17. The van der Waals surface area contributed by atoms with E-state index in [0.717, 1.165) is 31.1 Å². The van der Waals surface area contributed by atoms with Crippen molar-refractivity contribution in [3.63, 3.8) is 0 Å². The van der Waals surface area contributed by atoms with Crippen molar-refractivity contribution in [2.45, 2.75) is 51.3 Å². The molecule has 0 unspecified atom stereocenters. The van der Waals surface area contributed by atoms with Gasteiger partial charge < -0.3 is 14.6 Å². The van der Waals surface area contributed by atoms with Crippen LogP contribution in [0.5, 0.6) is 0 Å². The standard InChI is InChI=1S/C16H23N3O2/c1-2-19-7-6-17-15(19)14-13(5-8-21-14)18-16(20)12-9-11(12)10-3-4-10/h6-7,10-14H,2-5,8-9H2,1H3,(H,18,20)/t11-,12+,13+,14+/m1/s1. The average molecular weight is 289 g/mol. The number of carbonyl (C=O) groups is 1. The number of nitrogens with one attached hydrogen (secondary N) is 1.